The second-order valence-electron chi connectivity index (χ2n) is 5.03. The first-order valence-corrected chi connectivity index (χ1v) is 7.25. The van der Waals surface area contributed by atoms with Gasteiger partial charge < -0.3 is 0 Å². The zero-order valence-electron chi connectivity index (χ0n) is 11.0. The Bertz CT molecular complexity index is 418. The standard InChI is InChI=1S/C13H21N3OS/c1-3-4-10(2)16-12(5-6-14-16)15-8-11(9-18)7-13(15)17/h5-6,10-11,18H,3-4,7-9H2,1-2H3. The fourth-order valence-electron chi connectivity index (χ4n) is 2.53. The maximum absolute atomic E-state index is 12.0. The fourth-order valence-corrected chi connectivity index (χ4v) is 2.77. The average Bonchev–Trinajstić information content (AvgIpc) is 2.94. The molecule has 0 radical (unpaired) electrons. The zero-order chi connectivity index (χ0) is 13.1. The van der Waals surface area contributed by atoms with Crippen LogP contribution >= 0.6 is 12.6 Å². The van der Waals surface area contributed by atoms with Gasteiger partial charge in [0.05, 0.1) is 12.2 Å². The molecule has 1 saturated heterocycles. The second kappa shape index (κ2) is 5.78. The molecule has 5 heteroatoms. The maximum Gasteiger partial charge on any atom is 0.228 e. The molecule has 18 heavy (non-hydrogen) atoms. The van der Waals surface area contributed by atoms with Crippen molar-refractivity contribution in [2.45, 2.75) is 39.2 Å². The van der Waals surface area contributed by atoms with Crippen LogP contribution in [0.4, 0.5) is 5.82 Å². The molecule has 1 fully saturated rings. The smallest absolute Gasteiger partial charge is 0.228 e. The van der Waals surface area contributed by atoms with Gasteiger partial charge in [0.25, 0.3) is 0 Å². The van der Waals surface area contributed by atoms with E-state index in [0.717, 1.165) is 31.0 Å². The lowest BCUT2D eigenvalue weighted by Crippen LogP contribution is -2.28. The number of hydrogen-bond donors (Lipinski definition) is 1. The molecule has 1 aromatic rings. The van der Waals surface area contributed by atoms with Gasteiger partial charge in [-0.15, -0.1) is 0 Å². The second-order valence-corrected chi connectivity index (χ2v) is 5.39. The summed E-state index contributed by atoms with van der Waals surface area (Å²) < 4.78 is 1.97. The Hall–Kier alpha value is -0.970. The quantitative estimate of drug-likeness (QED) is 0.833. The van der Waals surface area contributed by atoms with Crippen molar-refractivity contribution < 1.29 is 4.79 Å². The predicted molar refractivity (Wildman–Crippen MR) is 76.2 cm³/mol. The predicted octanol–water partition coefficient (Wildman–Crippen LogP) is 2.53. The summed E-state index contributed by atoms with van der Waals surface area (Å²) in [6.07, 6.45) is 4.58. The van der Waals surface area contributed by atoms with E-state index < -0.39 is 0 Å². The van der Waals surface area contributed by atoms with Crippen molar-refractivity contribution in [3.8, 4) is 0 Å². The Kier molecular flexibility index (Phi) is 4.32. The van der Waals surface area contributed by atoms with Crippen molar-refractivity contribution >= 4 is 24.4 Å². The van der Waals surface area contributed by atoms with Crippen molar-refractivity contribution in [1.29, 1.82) is 0 Å². The van der Waals surface area contributed by atoms with Crippen LogP contribution < -0.4 is 4.90 Å². The first kappa shape index (κ1) is 13.5. The number of hydrogen-bond acceptors (Lipinski definition) is 3. The number of carbonyl (C=O) groups excluding carboxylic acids is 1. The maximum atomic E-state index is 12.0. The van der Waals surface area contributed by atoms with E-state index in [1.807, 2.05) is 15.6 Å². The summed E-state index contributed by atoms with van der Waals surface area (Å²) >= 11 is 4.29. The summed E-state index contributed by atoms with van der Waals surface area (Å²) in [5, 5.41) is 4.37. The minimum atomic E-state index is 0.194. The van der Waals surface area contributed by atoms with Gasteiger partial charge in [-0.3, -0.25) is 9.69 Å². The van der Waals surface area contributed by atoms with Crippen molar-refractivity contribution in [2.75, 3.05) is 17.2 Å². The fraction of sp³-hybridized carbons (Fsp3) is 0.692. The number of nitrogens with zero attached hydrogens (tertiary/aromatic N) is 3. The lowest BCUT2D eigenvalue weighted by Gasteiger charge is -2.21. The van der Waals surface area contributed by atoms with Gasteiger partial charge in [0, 0.05) is 19.0 Å². The van der Waals surface area contributed by atoms with Crippen LogP contribution in [0.3, 0.4) is 0 Å². The summed E-state index contributed by atoms with van der Waals surface area (Å²) in [5.74, 6) is 2.26. The molecular weight excluding hydrogens is 246 g/mol. The number of anilines is 1. The van der Waals surface area contributed by atoms with Gasteiger partial charge in [-0.1, -0.05) is 13.3 Å². The van der Waals surface area contributed by atoms with E-state index in [9.17, 15) is 4.79 Å². The van der Waals surface area contributed by atoms with E-state index in [2.05, 4.69) is 31.6 Å². The molecule has 2 atom stereocenters. The van der Waals surface area contributed by atoms with Gasteiger partial charge in [0.2, 0.25) is 5.91 Å². The van der Waals surface area contributed by atoms with E-state index in [1.54, 1.807) is 6.20 Å². The Balaban J connectivity index is 2.19. The van der Waals surface area contributed by atoms with Crippen LogP contribution in [0.2, 0.25) is 0 Å². The normalized spacial score (nSPS) is 21.6. The van der Waals surface area contributed by atoms with Crippen molar-refractivity contribution in [2.24, 2.45) is 5.92 Å². The van der Waals surface area contributed by atoms with Gasteiger partial charge in [-0.2, -0.15) is 17.7 Å². The Morgan fingerprint density at radius 1 is 1.61 bits per heavy atom. The van der Waals surface area contributed by atoms with Crippen LogP contribution in [-0.4, -0.2) is 28.0 Å². The Labute approximate surface area is 114 Å². The van der Waals surface area contributed by atoms with E-state index in [1.165, 1.54) is 0 Å². The highest BCUT2D eigenvalue weighted by Gasteiger charge is 2.31. The monoisotopic (exact) mass is 267 g/mol. The molecule has 100 valence electrons. The van der Waals surface area contributed by atoms with E-state index >= 15 is 0 Å². The molecule has 4 nitrogen and oxygen atoms in total. The molecule has 2 heterocycles. The third-order valence-corrected chi connectivity index (χ3v) is 4.03. The largest absolute Gasteiger partial charge is 0.297 e. The molecule has 2 rings (SSSR count). The molecule has 0 bridgehead atoms. The van der Waals surface area contributed by atoms with E-state index in [4.69, 9.17) is 0 Å². The molecule has 2 unspecified atom stereocenters. The van der Waals surface area contributed by atoms with Crippen LogP contribution in [-0.2, 0) is 4.79 Å². The van der Waals surface area contributed by atoms with Crippen LogP contribution in [0.15, 0.2) is 12.3 Å². The first-order chi connectivity index (χ1) is 8.67. The molecule has 1 aromatic heterocycles. The van der Waals surface area contributed by atoms with Gasteiger partial charge in [0.1, 0.15) is 5.82 Å². The third kappa shape index (κ3) is 2.55. The zero-order valence-corrected chi connectivity index (χ0v) is 11.9. The Morgan fingerprint density at radius 2 is 2.39 bits per heavy atom. The summed E-state index contributed by atoms with van der Waals surface area (Å²) in [6, 6.07) is 2.27. The number of aromatic nitrogens is 2. The van der Waals surface area contributed by atoms with Crippen LogP contribution in [0.5, 0.6) is 0 Å². The molecule has 0 aliphatic carbocycles. The topological polar surface area (TPSA) is 38.1 Å². The highest BCUT2D eigenvalue weighted by atomic mass is 32.1. The third-order valence-electron chi connectivity index (χ3n) is 3.51. The number of amides is 1. The first-order valence-electron chi connectivity index (χ1n) is 6.62. The number of thiol groups is 1. The highest BCUT2D eigenvalue weighted by molar-refractivity contribution is 7.80. The molecule has 0 spiro atoms. The van der Waals surface area contributed by atoms with E-state index in [0.29, 0.717) is 18.4 Å². The molecule has 0 aromatic carbocycles. The molecule has 1 amide bonds. The van der Waals surface area contributed by atoms with Gasteiger partial charge in [-0.25, -0.2) is 4.68 Å². The average molecular weight is 267 g/mol. The minimum Gasteiger partial charge on any atom is -0.297 e. The van der Waals surface area contributed by atoms with Crippen molar-refractivity contribution in [3.63, 3.8) is 0 Å². The lowest BCUT2D eigenvalue weighted by atomic mass is 10.1. The summed E-state index contributed by atoms with van der Waals surface area (Å²) in [7, 11) is 0. The minimum absolute atomic E-state index is 0.194. The molecular formula is C13H21N3OS. The lowest BCUT2D eigenvalue weighted by molar-refractivity contribution is -0.117. The van der Waals surface area contributed by atoms with Crippen LogP contribution in [0, 0.1) is 5.92 Å². The van der Waals surface area contributed by atoms with Gasteiger partial charge in [0.15, 0.2) is 0 Å². The molecule has 0 N–H and O–H groups in total. The molecule has 1 aliphatic rings. The van der Waals surface area contributed by atoms with Crippen molar-refractivity contribution in [1.82, 2.24) is 9.78 Å². The SMILES string of the molecule is CCCC(C)n1nccc1N1CC(CS)CC1=O. The number of rotatable bonds is 5. The van der Waals surface area contributed by atoms with Crippen LogP contribution in [0.25, 0.3) is 0 Å². The van der Waals surface area contributed by atoms with Gasteiger partial charge in [-0.05, 0) is 25.0 Å². The summed E-state index contributed by atoms with van der Waals surface area (Å²) in [6.45, 7) is 5.08. The van der Waals surface area contributed by atoms with Gasteiger partial charge >= 0.3 is 0 Å². The summed E-state index contributed by atoms with van der Waals surface area (Å²) in [5.41, 5.74) is 0. The van der Waals surface area contributed by atoms with Crippen LogP contribution in [0.1, 0.15) is 39.2 Å². The highest BCUT2D eigenvalue weighted by Crippen LogP contribution is 2.28. The Morgan fingerprint density at radius 3 is 3.00 bits per heavy atom. The molecule has 0 saturated carbocycles. The number of carbonyl (C=O) groups is 1. The van der Waals surface area contributed by atoms with E-state index in [-0.39, 0.29) is 5.91 Å². The molecule has 1 aliphatic heterocycles. The summed E-state index contributed by atoms with van der Waals surface area (Å²) in [4.78, 5) is 13.9. The van der Waals surface area contributed by atoms with Crippen molar-refractivity contribution in [3.05, 3.63) is 12.3 Å².